The molecule has 0 aromatic heterocycles. The van der Waals surface area contributed by atoms with E-state index in [1.165, 1.54) is 0 Å². The molecular formula is C14H21NO3. The van der Waals surface area contributed by atoms with Gasteiger partial charge in [-0.1, -0.05) is 25.1 Å². The Morgan fingerprint density at radius 3 is 2.83 bits per heavy atom. The molecule has 0 unspecified atom stereocenters. The Morgan fingerprint density at radius 2 is 2.17 bits per heavy atom. The molecule has 0 aliphatic heterocycles. The highest BCUT2D eigenvalue weighted by molar-refractivity contribution is 5.75. The first-order chi connectivity index (χ1) is 8.69. The van der Waals surface area contributed by atoms with E-state index in [-0.39, 0.29) is 5.91 Å². The average molecular weight is 251 g/mol. The molecule has 0 radical (unpaired) electrons. The normalized spacial score (nSPS) is 11.9. The molecule has 0 bridgehead atoms. The molecule has 0 fully saturated rings. The summed E-state index contributed by atoms with van der Waals surface area (Å²) in [5, 5.41) is 12.4. The molecule has 100 valence electrons. The molecule has 4 heteroatoms. The minimum atomic E-state index is -0.500. The van der Waals surface area contributed by atoms with Crippen molar-refractivity contribution in [1.82, 2.24) is 5.32 Å². The summed E-state index contributed by atoms with van der Waals surface area (Å²) in [5.74, 6) is 0.712. The van der Waals surface area contributed by atoms with Crippen molar-refractivity contribution in [3.8, 4) is 5.75 Å². The van der Waals surface area contributed by atoms with Gasteiger partial charge in [0.05, 0.1) is 12.7 Å². The summed E-state index contributed by atoms with van der Waals surface area (Å²) in [7, 11) is 1.62. The van der Waals surface area contributed by atoms with Crippen LogP contribution in [-0.4, -0.2) is 24.7 Å². The van der Waals surface area contributed by atoms with E-state index >= 15 is 0 Å². The first-order valence-corrected chi connectivity index (χ1v) is 6.29. The summed E-state index contributed by atoms with van der Waals surface area (Å²) in [6.07, 6.45) is 1.27. The second kappa shape index (κ2) is 7.71. The van der Waals surface area contributed by atoms with Gasteiger partial charge in [0.25, 0.3) is 0 Å². The molecule has 0 spiro atoms. The maximum atomic E-state index is 11.0. The van der Waals surface area contributed by atoms with Crippen LogP contribution in [0.2, 0.25) is 0 Å². The zero-order valence-corrected chi connectivity index (χ0v) is 11.0. The largest absolute Gasteiger partial charge is 0.493 e. The topological polar surface area (TPSA) is 58.6 Å². The summed E-state index contributed by atoms with van der Waals surface area (Å²) in [5.41, 5.74) is 0.806. The Kier molecular flexibility index (Phi) is 6.22. The van der Waals surface area contributed by atoms with Crippen molar-refractivity contribution in [3.63, 3.8) is 0 Å². The van der Waals surface area contributed by atoms with Gasteiger partial charge >= 0.3 is 0 Å². The van der Waals surface area contributed by atoms with Gasteiger partial charge in [-0.3, -0.25) is 4.79 Å². The zero-order valence-electron chi connectivity index (χ0n) is 11.0. The Labute approximate surface area is 108 Å². The Bertz CT molecular complexity index is 379. The molecule has 1 aromatic carbocycles. The van der Waals surface area contributed by atoms with Crippen LogP contribution in [0.15, 0.2) is 24.3 Å². The molecule has 0 aliphatic carbocycles. The number of carbonyl (C=O) groups is 1. The van der Waals surface area contributed by atoms with Gasteiger partial charge in [0.1, 0.15) is 5.75 Å². The summed E-state index contributed by atoms with van der Waals surface area (Å²) in [4.78, 5) is 11.0. The van der Waals surface area contributed by atoms with Gasteiger partial charge in [0.2, 0.25) is 5.91 Å². The summed E-state index contributed by atoms with van der Waals surface area (Å²) < 4.78 is 5.62. The Balaban J connectivity index is 2.49. The van der Waals surface area contributed by atoms with Crippen molar-refractivity contribution in [2.75, 3.05) is 13.7 Å². The number of aliphatic hydroxyl groups excluding tert-OH is 1. The van der Waals surface area contributed by atoms with Crippen molar-refractivity contribution in [1.29, 1.82) is 0 Å². The monoisotopic (exact) mass is 251 g/mol. The molecule has 1 aromatic rings. The highest BCUT2D eigenvalue weighted by atomic mass is 16.5. The van der Waals surface area contributed by atoms with E-state index in [1.54, 1.807) is 7.05 Å². The van der Waals surface area contributed by atoms with Crippen LogP contribution in [0.25, 0.3) is 0 Å². The fraction of sp³-hybridized carbons (Fsp3) is 0.500. The van der Waals surface area contributed by atoms with Gasteiger partial charge in [-0.2, -0.15) is 0 Å². The van der Waals surface area contributed by atoms with E-state index in [0.29, 0.717) is 31.6 Å². The molecule has 18 heavy (non-hydrogen) atoms. The fourth-order valence-electron chi connectivity index (χ4n) is 1.65. The number of nitrogens with one attached hydrogen (secondary N) is 1. The lowest BCUT2D eigenvalue weighted by Crippen LogP contribution is -2.18. The number of ether oxygens (including phenoxy) is 1. The second-order valence-corrected chi connectivity index (χ2v) is 4.09. The molecule has 0 saturated heterocycles. The molecule has 1 atom stereocenters. The fourth-order valence-corrected chi connectivity index (χ4v) is 1.65. The lowest BCUT2D eigenvalue weighted by atomic mass is 10.1. The summed E-state index contributed by atoms with van der Waals surface area (Å²) in [6.45, 7) is 2.40. The van der Waals surface area contributed by atoms with Crippen LogP contribution in [-0.2, 0) is 4.79 Å². The predicted octanol–water partition coefficient (Wildman–Crippen LogP) is 2.03. The van der Waals surface area contributed by atoms with Gasteiger partial charge in [-0.25, -0.2) is 0 Å². The number of para-hydroxylation sites is 1. The van der Waals surface area contributed by atoms with E-state index in [2.05, 4.69) is 5.32 Å². The van der Waals surface area contributed by atoms with Crippen molar-refractivity contribution < 1.29 is 14.6 Å². The van der Waals surface area contributed by atoms with Crippen LogP contribution < -0.4 is 10.1 Å². The van der Waals surface area contributed by atoms with Crippen LogP contribution in [0.4, 0.5) is 0 Å². The predicted molar refractivity (Wildman–Crippen MR) is 70.5 cm³/mol. The second-order valence-electron chi connectivity index (χ2n) is 4.09. The molecule has 0 heterocycles. The number of hydrogen-bond donors (Lipinski definition) is 2. The van der Waals surface area contributed by atoms with Gasteiger partial charge < -0.3 is 15.2 Å². The van der Waals surface area contributed by atoms with Crippen molar-refractivity contribution >= 4 is 5.91 Å². The van der Waals surface area contributed by atoms with Crippen LogP contribution in [0.3, 0.4) is 0 Å². The summed E-state index contributed by atoms with van der Waals surface area (Å²) >= 11 is 0. The van der Waals surface area contributed by atoms with Crippen LogP contribution in [0, 0.1) is 0 Å². The minimum Gasteiger partial charge on any atom is -0.493 e. The van der Waals surface area contributed by atoms with Crippen LogP contribution >= 0.6 is 0 Å². The third-order valence-corrected chi connectivity index (χ3v) is 2.75. The van der Waals surface area contributed by atoms with E-state index in [4.69, 9.17) is 4.74 Å². The van der Waals surface area contributed by atoms with Crippen molar-refractivity contribution in [2.45, 2.75) is 32.3 Å². The van der Waals surface area contributed by atoms with Gasteiger partial charge in [0.15, 0.2) is 0 Å². The van der Waals surface area contributed by atoms with Crippen LogP contribution in [0.5, 0.6) is 5.75 Å². The standard InChI is InChI=1S/C14H21NO3/c1-3-12(16)11-7-4-5-8-13(11)18-10-6-9-14(17)15-2/h4-5,7-8,12,16H,3,6,9-10H2,1-2H3,(H,15,17)/t12-/m0/s1. The highest BCUT2D eigenvalue weighted by Crippen LogP contribution is 2.26. The number of hydrogen-bond acceptors (Lipinski definition) is 3. The van der Waals surface area contributed by atoms with E-state index in [9.17, 15) is 9.90 Å². The molecule has 0 aliphatic rings. The number of amides is 1. The number of aliphatic hydroxyl groups is 1. The number of benzene rings is 1. The highest BCUT2D eigenvalue weighted by Gasteiger charge is 2.10. The molecular weight excluding hydrogens is 230 g/mol. The van der Waals surface area contributed by atoms with E-state index < -0.39 is 6.10 Å². The molecule has 2 N–H and O–H groups in total. The smallest absolute Gasteiger partial charge is 0.219 e. The molecule has 1 amide bonds. The first-order valence-electron chi connectivity index (χ1n) is 6.29. The van der Waals surface area contributed by atoms with Crippen molar-refractivity contribution in [2.24, 2.45) is 0 Å². The van der Waals surface area contributed by atoms with Crippen molar-refractivity contribution in [3.05, 3.63) is 29.8 Å². The van der Waals surface area contributed by atoms with Crippen LogP contribution in [0.1, 0.15) is 37.9 Å². The third kappa shape index (κ3) is 4.37. The number of carbonyl (C=O) groups excluding carboxylic acids is 1. The summed E-state index contributed by atoms with van der Waals surface area (Å²) in [6, 6.07) is 7.46. The maximum Gasteiger partial charge on any atom is 0.219 e. The molecule has 1 rings (SSSR count). The lowest BCUT2D eigenvalue weighted by Gasteiger charge is -2.14. The maximum absolute atomic E-state index is 11.0. The number of rotatable bonds is 7. The Hall–Kier alpha value is -1.55. The minimum absolute atomic E-state index is 0.0143. The quantitative estimate of drug-likeness (QED) is 0.729. The zero-order chi connectivity index (χ0) is 13.4. The van der Waals surface area contributed by atoms with E-state index in [1.807, 2.05) is 31.2 Å². The van der Waals surface area contributed by atoms with Gasteiger partial charge in [-0.05, 0) is 18.9 Å². The molecule has 0 saturated carbocycles. The SMILES string of the molecule is CC[C@H](O)c1ccccc1OCCCC(=O)NC. The van der Waals surface area contributed by atoms with E-state index in [0.717, 1.165) is 5.56 Å². The first kappa shape index (κ1) is 14.5. The molecule has 4 nitrogen and oxygen atoms in total. The van der Waals surface area contributed by atoms with Gasteiger partial charge in [0, 0.05) is 19.0 Å². The van der Waals surface area contributed by atoms with Gasteiger partial charge in [-0.15, -0.1) is 0 Å². The third-order valence-electron chi connectivity index (χ3n) is 2.75. The Morgan fingerprint density at radius 1 is 1.44 bits per heavy atom. The average Bonchev–Trinajstić information content (AvgIpc) is 2.42. The lowest BCUT2D eigenvalue weighted by molar-refractivity contribution is -0.120.